The number of amides is 1. The molecule has 0 aliphatic carbocycles. The second kappa shape index (κ2) is 6.30. The number of carbonyl (C=O) groups excluding carboxylic acids is 1. The van der Waals surface area contributed by atoms with E-state index in [1.807, 2.05) is 36.4 Å². The van der Waals surface area contributed by atoms with Crippen molar-refractivity contribution in [2.45, 2.75) is 19.4 Å². The van der Waals surface area contributed by atoms with Gasteiger partial charge < -0.3 is 9.73 Å². The molecule has 5 heteroatoms. The van der Waals surface area contributed by atoms with Crippen molar-refractivity contribution >= 4 is 17.0 Å². The van der Waals surface area contributed by atoms with E-state index in [1.165, 1.54) is 0 Å². The standard InChI is InChI=1S/C17H16N2O3/c20-16(9-7-12-4-2-1-3-5-12)18-11-13-6-8-15-14(10-13)19-17(21)22-15/h1-6,8,10H,7,9,11H2,(H,18,20)(H,19,21). The third-order valence-electron chi connectivity index (χ3n) is 3.46. The minimum absolute atomic E-state index is 0.00429. The number of fused-ring (bicyclic) bond motifs is 1. The number of benzene rings is 2. The Bertz CT molecular complexity index is 834. The maximum atomic E-state index is 11.9. The lowest BCUT2D eigenvalue weighted by Crippen LogP contribution is -2.22. The number of aromatic nitrogens is 1. The van der Waals surface area contributed by atoms with E-state index in [0.29, 0.717) is 24.1 Å². The van der Waals surface area contributed by atoms with Gasteiger partial charge in [-0.3, -0.25) is 9.78 Å². The van der Waals surface area contributed by atoms with Gasteiger partial charge in [-0.2, -0.15) is 0 Å². The molecule has 2 N–H and O–H groups in total. The third kappa shape index (κ3) is 3.44. The first-order valence-corrected chi connectivity index (χ1v) is 7.13. The Kier molecular flexibility index (Phi) is 4.05. The van der Waals surface area contributed by atoms with Crippen LogP contribution < -0.4 is 11.1 Å². The second-order valence-electron chi connectivity index (χ2n) is 5.11. The van der Waals surface area contributed by atoms with E-state index in [4.69, 9.17) is 4.42 Å². The SMILES string of the molecule is O=C(CCc1ccccc1)NCc1ccc2oc(=O)[nH]c2c1. The molecule has 0 fully saturated rings. The predicted octanol–water partition coefficient (Wildman–Crippen LogP) is 2.37. The number of hydrogen-bond acceptors (Lipinski definition) is 3. The van der Waals surface area contributed by atoms with Crippen LogP contribution in [0.15, 0.2) is 57.7 Å². The van der Waals surface area contributed by atoms with Crippen LogP contribution in [0.5, 0.6) is 0 Å². The molecule has 112 valence electrons. The number of rotatable bonds is 5. The Morgan fingerprint density at radius 1 is 1.09 bits per heavy atom. The van der Waals surface area contributed by atoms with Gasteiger partial charge >= 0.3 is 5.76 Å². The molecular formula is C17H16N2O3. The maximum absolute atomic E-state index is 11.9. The number of nitrogens with one attached hydrogen (secondary N) is 2. The molecule has 1 amide bonds. The molecule has 0 atom stereocenters. The molecule has 0 bridgehead atoms. The molecule has 22 heavy (non-hydrogen) atoms. The van der Waals surface area contributed by atoms with E-state index in [-0.39, 0.29) is 5.91 Å². The van der Waals surface area contributed by atoms with Gasteiger partial charge in [-0.25, -0.2) is 4.79 Å². The van der Waals surface area contributed by atoms with Crippen LogP contribution in [-0.4, -0.2) is 10.9 Å². The number of carbonyl (C=O) groups is 1. The van der Waals surface area contributed by atoms with E-state index < -0.39 is 5.76 Å². The van der Waals surface area contributed by atoms with Crippen molar-refractivity contribution in [3.8, 4) is 0 Å². The van der Waals surface area contributed by atoms with E-state index in [9.17, 15) is 9.59 Å². The average molecular weight is 296 g/mol. The fourth-order valence-electron chi connectivity index (χ4n) is 2.30. The minimum Gasteiger partial charge on any atom is -0.408 e. The molecule has 0 aliphatic heterocycles. The first-order chi connectivity index (χ1) is 10.7. The molecule has 0 saturated heterocycles. The van der Waals surface area contributed by atoms with E-state index in [0.717, 1.165) is 17.5 Å². The van der Waals surface area contributed by atoms with Gasteiger partial charge in [-0.15, -0.1) is 0 Å². The highest BCUT2D eigenvalue weighted by molar-refractivity contribution is 5.76. The van der Waals surface area contributed by atoms with Crippen molar-refractivity contribution in [3.63, 3.8) is 0 Å². The average Bonchev–Trinajstić information content (AvgIpc) is 2.91. The molecule has 1 aromatic heterocycles. The van der Waals surface area contributed by atoms with Crippen LogP contribution in [0.1, 0.15) is 17.5 Å². The van der Waals surface area contributed by atoms with Crippen molar-refractivity contribution in [3.05, 3.63) is 70.2 Å². The normalized spacial score (nSPS) is 10.7. The van der Waals surface area contributed by atoms with Gasteiger partial charge in [0.2, 0.25) is 5.91 Å². The molecule has 3 aromatic rings. The first-order valence-electron chi connectivity index (χ1n) is 7.13. The van der Waals surface area contributed by atoms with Crippen LogP contribution in [0.3, 0.4) is 0 Å². The van der Waals surface area contributed by atoms with Crippen molar-refractivity contribution in [1.82, 2.24) is 10.3 Å². The number of H-pyrrole nitrogens is 1. The number of aryl methyl sites for hydroxylation is 1. The highest BCUT2D eigenvalue weighted by Gasteiger charge is 2.05. The van der Waals surface area contributed by atoms with Gasteiger partial charge in [0.25, 0.3) is 0 Å². The zero-order valence-electron chi connectivity index (χ0n) is 12.0. The van der Waals surface area contributed by atoms with Crippen LogP contribution in [0, 0.1) is 0 Å². The first kappa shape index (κ1) is 14.1. The minimum atomic E-state index is -0.473. The largest absolute Gasteiger partial charge is 0.417 e. The summed E-state index contributed by atoms with van der Waals surface area (Å²) in [5, 5.41) is 2.88. The molecule has 0 unspecified atom stereocenters. The van der Waals surface area contributed by atoms with Gasteiger partial charge in [0.1, 0.15) is 0 Å². The lowest BCUT2D eigenvalue weighted by Gasteiger charge is -2.05. The van der Waals surface area contributed by atoms with Crippen LogP contribution in [0.4, 0.5) is 0 Å². The summed E-state index contributed by atoms with van der Waals surface area (Å²) in [6, 6.07) is 15.3. The zero-order valence-corrected chi connectivity index (χ0v) is 12.0. The predicted molar refractivity (Wildman–Crippen MR) is 83.4 cm³/mol. The lowest BCUT2D eigenvalue weighted by molar-refractivity contribution is -0.121. The molecule has 5 nitrogen and oxygen atoms in total. The van der Waals surface area contributed by atoms with Gasteiger partial charge in [-0.1, -0.05) is 36.4 Å². The lowest BCUT2D eigenvalue weighted by atomic mass is 10.1. The Hall–Kier alpha value is -2.82. The highest BCUT2D eigenvalue weighted by Crippen LogP contribution is 2.12. The Morgan fingerprint density at radius 3 is 2.73 bits per heavy atom. The number of hydrogen-bond donors (Lipinski definition) is 2. The highest BCUT2D eigenvalue weighted by atomic mass is 16.4. The molecule has 0 spiro atoms. The van der Waals surface area contributed by atoms with Crippen LogP contribution in [-0.2, 0) is 17.8 Å². The van der Waals surface area contributed by atoms with E-state index in [2.05, 4.69) is 10.3 Å². The molecular weight excluding hydrogens is 280 g/mol. The molecule has 0 aliphatic rings. The van der Waals surface area contributed by atoms with Crippen LogP contribution in [0.2, 0.25) is 0 Å². The third-order valence-corrected chi connectivity index (χ3v) is 3.46. The summed E-state index contributed by atoms with van der Waals surface area (Å²) in [5.41, 5.74) is 3.22. The van der Waals surface area contributed by atoms with Crippen molar-refractivity contribution in [2.24, 2.45) is 0 Å². The summed E-state index contributed by atoms with van der Waals surface area (Å²) in [6.45, 7) is 0.427. The van der Waals surface area contributed by atoms with Crippen molar-refractivity contribution in [1.29, 1.82) is 0 Å². The summed E-state index contributed by atoms with van der Waals surface area (Å²) in [7, 11) is 0. The summed E-state index contributed by atoms with van der Waals surface area (Å²) in [5.74, 6) is -0.469. The van der Waals surface area contributed by atoms with Crippen molar-refractivity contribution in [2.75, 3.05) is 0 Å². The summed E-state index contributed by atoms with van der Waals surface area (Å²) in [4.78, 5) is 25.6. The molecule has 0 saturated carbocycles. The maximum Gasteiger partial charge on any atom is 0.417 e. The number of oxazole rings is 1. The van der Waals surface area contributed by atoms with Crippen LogP contribution >= 0.6 is 0 Å². The van der Waals surface area contributed by atoms with Gasteiger partial charge in [0.05, 0.1) is 5.52 Å². The molecule has 1 heterocycles. The van der Waals surface area contributed by atoms with Gasteiger partial charge in [0, 0.05) is 13.0 Å². The Morgan fingerprint density at radius 2 is 1.91 bits per heavy atom. The zero-order chi connectivity index (χ0) is 15.4. The molecule has 2 aromatic carbocycles. The van der Waals surface area contributed by atoms with Crippen LogP contribution in [0.25, 0.3) is 11.1 Å². The van der Waals surface area contributed by atoms with E-state index in [1.54, 1.807) is 12.1 Å². The smallest absolute Gasteiger partial charge is 0.408 e. The summed E-state index contributed by atoms with van der Waals surface area (Å²) < 4.78 is 4.94. The number of aromatic amines is 1. The Balaban J connectivity index is 1.54. The topological polar surface area (TPSA) is 75.1 Å². The quantitative estimate of drug-likeness (QED) is 0.759. The van der Waals surface area contributed by atoms with Crippen molar-refractivity contribution < 1.29 is 9.21 Å². The van der Waals surface area contributed by atoms with E-state index >= 15 is 0 Å². The fourth-order valence-corrected chi connectivity index (χ4v) is 2.30. The molecule has 0 radical (unpaired) electrons. The second-order valence-corrected chi connectivity index (χ2v) is 5.11. The van der Waals surface area contributed by atoms with Gasteiger partial charge in [0.15, 0.2) is 5.58 Å². The summed E-state index contributed by atoms with van der Waals surface area (Å²) in [6.07, 6.45) is 1.18. The Labute approximate surface area is 127 Å². The summed E-state index contributed by atoms with van der Waals surface area (Å²) >= 11 is 0. The molecule has 3 rings (SSSR count). The monoisotopic (exact) mass is 296 g/mol. The van der Waals surface area contributed by atoms with Gasteiger partial charge in [-0.05, 0) is 29.7 Å². The fraction of sp³-hybridized carbons (Fsp3) is 0.176.